The van der Waals surface area contributed by atoms with Crippen molar-refractivity contribution in [1.82, 2.24) is 9.88 Å². The summed E-state index contributed by atoms with van der Waals surface area (Å²) in [5.41, 5.74) is 0.751. The number of nitrogens with zero attached hydrogens (tertiary/aromatic N) is 1. The Morgan fingerprint density at radius 1 is 1.29 bits per heavy atom. The summed E-state index contributed by atoms with van der Waals surface area (Å²) in [6, 6.07) is 5.60. The predicted molar refractivity (Wildman–Crippen MR) is 92.6 cm³/mol. The first kappa shape index (κ1) is 18.2. The molecule has 0 bridgehead atoms. The molecule has 0 unspecified atom stereocenters. The Hall–Kier alpha value is -2.12. The first-order valence-electron chi connectivity index (χ1n) is 7.84. The van der Waals surface area contributed by atoms with Crippen LogP contribution in [0, 0.1) is 0 Å². The fourth-order valence-corrected chi connectivity index (χ4v) is 2.80. The molecule has 2 rings (SSSR count). The zero-order valence-electron chi connectivity index (χ0n) is 13.9. The lowest BCUT2D eigenvalue weighted by Gasteiger charge is -2.09. The van der Waals surface area contributed by atoms with Gasteiger partial charge in [0.05, 0.1) is 11.8 Å². The molecule has 2 aromatic rings. The second-order valence-electron chi connectivity index (χ2n) is 5.42. The van der Waals surface area contributed by atoms with E-state index in [2.05, 4.69) is 5.32 Å². The summed E-state index contributed by atoms with van der Waals surface area (Å²) in [7, 11) is 0. The second-order valence-corrected chi connectivity index (χ2v) is 6.34. The van der Waals surface area contributed by atoms with Gasteiger partial charge in [-0.15, -0.1) is 11.3 Å². The highest BCUT2D eigenvalue weighted by atomic mass is 32.1. The number of ether oxygens (including phenoxy) is 2. The van der Waals surface area contributed by atoms with Crippen LogP contribution in [0.15, 0.2) is 36.0 Å². The van der Waals surface area contributed by atoms with Gasteiger partial charge in [0.2, 0.25) is 0 Å². The third kappa shape index (κ3) is 5.50. The third-order valence-corrected chi connectivity index (χ3v) is 4.02. The molecule has 2 aromatic heterocycles. The Morgan fingerprint density at radius 2 is 2.04 bits per heavy atom. The third-order valence-electron chi connectivity index (χ3n) is 3.14. The highest BCUT2D eigenvalue weighted by molar-refractivity contribution is 7.12. The van der Waals surface area contributed by atoms with Crippen molar-refractivity contribution in [2.45, 2.75) is 26.4 Å². The normalized spacial score (nSPS) is 10.8. The summed E-state index contributed by atoms with van der Waals surface area (Å²) in [5, 5.41) is 4.52. The highest BCUT2D eigenvalue weighted by Crippen LogP contribution is 2.22. The maximum absolute atomic E-state index is 12.2. The fraction of sp³-hybridized carbons (Fsp3) is 0.412. The Kier molecular flexibility index (Phi) is 7.02. The number of esters is 1. The van der Waals surface area contributed by atoms with E-state index in [9.17, 15) is 9.59 Å². The molecule has 0 aliphatic heterocycles. The van der Waals surface area contributed by atoms with Crippen molar-refractivity contribution < 1.29 is 19.1 Å². The molecular weight excluding hydrogens is 328 g/mol. The molecule has 0 atom stereocenters. The lowest BCUT2D eigenvalue weighted by molar-refractivity contribution is -0.124. The minimum atomic E-state index is -0.494. The first-order valence-corrected chi connectivity index (χ1v) is 8.72. The average molecular weight is 350 g/mol. The van der Waals surface area contributed by atoms with Crippen molar-refractivity contribution in [2.24, 2.45) is 0 Å². The number of nitrogens with one attached hydrogen (secondary N) is 1. The van der Waals surface area contributed by atoms with Gasteiger partial charge in [0, 0.05) is 25.5 Å². The molecule has 0 aromatic carbocycles. The number of thiophene rings is 1. The van der Waals surface area contributed by atoms with Crippen LogP contribution in [0.1, 0.15) is 29.9 Å². The maximum Gasteiger partial charge on any atom is 0.350 e. The fourth-order valence-electron chi connectivity index (χ4n) is 2.02. The van der Waals surface area contributed by atoms with Crippen molar-refractivity contribution >= 4 is 23.2 Å². The van der Waals surface area contributed by atoms with E-state index in [1.165, 1.54) is 11.3 Å². The molecule has 0 saturated carbocycles. The lowest BCUT2D eigenvalue weighted by Crippen LogP contribution is -2.30. The second kappa shape index (κ2) is 9.24. The molecule has 24 heavy (non-hydrogen) atoms. The van der Waals surface area contributed by atoms with E-state index in [0.29, 0.717) is 18.0 Å². The maximum atomic E-state index is 12.2. The van der Waals surface area contributed by atoms with Gasteiger partial charge in [-0.1, -0.05) is 0 Å². The van der Waals surface area contributed by atoms with E-state index in [-0.39, 0.29) is 18.6 Å². The van der Waals surface area contributed by atoms with Crippen LogP contribution in [-0.4, -0.2) is 42.3 Å². The van der Waals surface area contributed by atoms with E-state index in [4.69, 9.17) is 9.47 Å². The summed E-state index contributed by atoms with van der Waals surface area (Å²) in [5.74, 6) is -0.807. The van der Waals surface area contributed by atoms with E-state index < -0.39 is 5.97 Å². The van der Waals surface area contributed by atoms with Gasteiger partial charge < -0.3 is 19.4 Å². The topological polar surface area (TPSA) is 69.6 Å². The number of rotatable bonds is 9. The molecule has 130 valence electrons. The van der Waals surface area contributed by atoms with E-state index in [1.54, 1.807) is 0 Å². The standard InChI is InChI=1S/C17H22N2O4S/c1-13(2)22-10-5-7-18-15(20)12-23-17(21)16-14(6-11-24-16)19-8-3-4-9-19/h3-4,6,8-9,11,13H,5,7,10,12H2,1-2H3,(H,18,20). The van der Waals surface area contributed by atoms with Crippen LogP contribution < -0.4 is 5.32 Å². The lowest BCUT2D eigenvalue weighted by atomic mass is 10.4. The van der Waals surface area contributed by atoms with E-state index in [0.717, 1.165) is 12.1 Å². The molecule has 0 radical (unpaired) electrons. The van der Waals surface area contributed by atoms with Gasteiger partial charge in [-0.2, -0.15) is 0 Å². The van der Waals surface area contributed by atoms with E-state index in [1.807, 2.05) is 54.4 Å². The minimum absolute atomic E-state index is 0.182. The molecule has 6 nitrogen and oxygen atoms in total. The first-order chi connectivity index (χ1) is 11.6. The van der Waals surface area contributed by atoms with Gasteiger partial charge in [0.15, 0.2) is 6.61 Å². The summed E-state index contributed by atoms with van der Waals surface area (Å²) in [6.07, 6.45) is 4.61. The molecule has 2 heterocycles. The molecule has 0 spiro atoms. The minimum Gasteiger partial charge on any atom is -0.451 e. The predicted octanol–water partition coefficient (Wildman–Crippen LogP) is 2.63. The number of amides is 1. The zero-order chi connectivity index (χ0) is 17.4. The average Bonchev–Trinajstić information content (AvgIpc) is 3.22. The number of carbonyl (C=O) groups excluding carboxylic acids is 2. The largest absolute Gasteiger partial charge is 0.451 e. The van der Waals surface area contributed by atoms with Gasteiger partial charge in [-0.05, 0) is 43.8 Å². The zero-order valence-corrected chi connectivity index (χ0v) is 14.7. The van der Waals surface area contributed by atoms with Crippen molar-refractivity contribution in [1.29, 1.82) is 0 Å². The van der Waals surface area contributed by atoms with Crippen LogP contribution in [0.2, 0.25) is 0 Å². The molecule has 0 fully saturated rings. The highest BCUT2D eigenvalue weighted by Gasteiger charge is 2.17. The SMILES string of the molecule is CC(C)OCCCNC(=O)COC(=O)c1sccc1-n1cccc1. The van der Waals surface area contributed by atoms with Gasteiger partial charge in [0.25, 0.3) is 5.91 Å². The van der Waals surface area contributed by atoms with Crippen LogP contribution >= 0.6 is 11.3 Å². The summed E-state index contributed by atoms with van der Waals surface area (Å²) in [4.78, 5) is 24.3. The van der Waals surface area contributed by atoms with Crippen LogP contribution in [0.5, 0.6) is 0 Å². The van der Waals surface area contributed by atoms with Gasteiger partial charge in [-0.25, -0.2) is 4.79 Å². The molecule has 7 heteroatoms. The Bertz CT molecular complexity index is 649. The molecular formula is C17H22N2O4S. The van der Waals surface area contributed by atoms with Crippen LogP contribution in [0.25, 0.3) is 5.69 Å². The van der Waals surface area contributed by atoms with Gasteiger partial charge in [-0.3, -0.25) is 4.79 Å². The Morgan fingerprint density at radius 3 is 2.75 bits per heavy atom. The smallest absolute Gasteiger partial charge is 0.350 e. The van der Waals surface area contributed by atoms with Crippen LogP contribution in [0.4, 0.5) is 0 Å². The van der Waals surface area contributed by atoms with Crippen molar-refractivity contribution in [3.05, 3.63) is 40.8 Å². The van der Waals surface area contributed by atoms with Crippen LogP contribution in [0.3, 0.4) is 0 Å². The quantitative estimate of drug-likeness (QED) is 0.557. The number of aromatic nitrogens is 1. The van der Waals surface area contributed by atoms with Gasteiger partial charge >= 0.3 is 5.97 Å². The van der Waals surface area contributed by atoms with Crippen molar-refractivity contribution in [2.75, 3.05) is 19.8 Å². The summed E-state index contributed by atoms with van der Waals surface area (Å²) < 4.78 is 12.3. The van der Waals surface area contributed by atoms with E-state index >= 15 is 0 Å². The number of hydrogen-bond acceptors (Lipinski definition) is 5. The molecule has 0 saturated heterocycles. The molecule has 1 N–H and O–H groups in total. The van der Waals surface area contributed by atoms with Crippen molar-refractivity contribution in [3.63, 3.8) is 0 Å². The summed E-state index contributed by atoms with van der Waals surface area (Å²) in [6.45, 7) is 4.73. The van der Waals surface area contributed by atoms with Gasteiger partial charge in [0.1, 0.15) is 4.88 Å². The summed E-state index contributed by atoms with van der Waals surface area (Å²) >= 11 is 1.29. The molecule has 1 amide bonds. The molecule has 0 aliphatic carbocycles. The Labute approximate surface area is 145 Å². The molecule has 0 aliphatic rings. The van der Waals surface area contributed by atoms with Crippen molar-refractivity contribution in [3.8, 4) is 5.69 Å². The number of carbonyl (C=O) groups is 2. The monoisotopic (exact) mass is 350 g/mol. The Balaban J connectivity index is 1.74. The number of hydrogen-bond donors (Lipinski definition) is 1. The van der Waals surface area contributed by atoms with Crippen LogP contribution in [-0.2, 0) is 14.3 Å².